The lowest BCUT2D eigenvalue weighted by atomic mass is 10.1. The third-order valence-electron chi connectivity index (χ3n) is 5.05. The van der Waals surface area contributed by atoms with Crippen molar-refractivity contribution in [1.29, 1.82) is 0 Å². The molecule has 0 bridgehead atoms. The van der Waals surface area contributed by atoms with Crippen molar-refractivity contribution < 1.29 is 14.3 Å². The van der Waals surface area contributed by atoms with Crippen LogP contribution in [0, 0.1) is 0 Å². The van der Waals surface area contributed by atoms with Crippen LogP contribution in [0.5, 0.6) is 11.5 Å². The minimum atomic E-state index is -0.0461. The minimum absolute atomic E-state index is 0.0461. The van der Waals surface area contributed by atoms with Crippen molar-refractivity contribution in [2.24, 2.45) is 0 Å². The average Bonchev–Trinajstić information content (AvgIpc) is 3.35. The number of nitrogens with zero attached hydrogens (tertiary/aromatic N) is 3. The minimum Gasteiger partial charge on any atom is -0.497 e. The fourth-order valence-electron chi connectivity index (χ4n) is 3.59. The summed E-state index contributed by atoms with van der Waals surface area (Å²) in [6.45, 7) is 0. The summed E-state index contributed by atoms with van der Waals surface area (Å²) in [5, 5.41) is 1.03. The second-order valence-electron chi connectivity index (χ2n) is 6.78. The standard InChI is InChI=1S/C22H18N4O3/c1-28-16-8-14(9-17(10-16)29-2)20-12-24-19-11-21(27)26(22(19)25-20)15-3-4-18-13(7-15)5-6-23-18/h3-10,12,23H,11H2,1-2H3. The first-order valence-electron chi connectivity index (χ1n) is 9.16. The smallest absolute Gasteiger partial charge is 0.238 e. The molecule has 1 N–H and O–H groups in total. The Balaban J connectivity index is 1.61. The Kier molecular flexibility index (Phi) is 3.94. The number of nitrogens with one attached hydrogen (secondary N) is 1. The zero-order chi connectivity index (χ0) is 20.0. The van der Waals surface area contributed by atoms with E-state index < -0.39 is 0 Å². The zero-order valence-corrected chi connectivity index (χ0v) is 16.0. The number of hydrogen-bond donors (Lipinski definition) is 1. The molecule has 0 atom stereocenters. The maximum absolute atomic E-state index is 12.8. The summed E-state index contributed by atoms with van der Waals surface area (Å²) in [5.41, 5.74) is 3.91. The SMILES string of the molecule is COc1cc(OC)cc(-c2cnc3c(n2)N(c2ccc4[nH]ccc4c2)C(=O)C3)c1. The fourth-order valence-corrected chi connectivity index (χ4v) is 3.59. The van der Waals surface area contributed by atoms with Gasteiger partial charge in [-0.1, -0.05) is 0 Å². The monoisotopic (exact) mass is 386 g/mol. The van der Waals surface area contributed by atoms with Crippen molar-refractivity contribution in [3.63, 3.8) is 0 Å². The first-order chi connectivity index (χ1) is 14.2. The first kappa shape index (κ1) is 17.2. The van der Waals surface area contributed by atoms with Crippen molar-refractivity contribution >= 4 is 28.3 Å². The number of aromatic amines is 1. The van der Waals surface area contributed by atoms with Crippen LogP contribution in [-0.4, -0.2) is 35.1 Å². The molecular weight excluding hydrogens is 368 g/mol. The average molecular weight is 386 g/mol. The molecule has 1 amide bonds. The second-order valence-corrected chi connectivity index (χ2v) is 6.78. The molecule has 1 aliphatic heterocycles. The van der Waals surface area contributed by atoms with Gasteiger partial charge in [0, 0.05) is 28.7 Å². The van der Waals surface area contributed by atoms with Crippen LogP contribution in [0.1, 0.15) is 5.69 Å². The van der Waals surface area contributed by atoms with Crippen LogP contribution in [0.4, 0.5) is 11.5 Å². The van der Waals surface area contributed by atoms with Crippen molar-refractivity contribution in [2.75, 3.05) is 19.1 Å². The maximum Gasteiger partial charge on any atom is 0.238 e. The van der Waals surface area contributed by atoms with Gasteiger partial charge < -0.3 is 14.5 Å². The van der Waals surface area contributed by atoms with Crippen LogP contribution in [-0.2, 0) is 11.2 Å². The Hall–Kier alpha value is -3.87. The number of fused-ring (bicyclic) bond motifs is 2. The van der Waals surface area contributed by atoms with E-state index in [1.807, 2.05) is 42.6 Å². The molecular formula is C22H18N4O3. The van der Waals surface area contributed by atoms with Crippen LogP contribution in [0.3, 0.4) is 0 Å². The number of amides is 1. The van der Waals surface area contributed by atoms with Gasteiger partial charge in [-0.05, 0) is 36.4 Å². The van der Waals surface area contributed by atoms with Gasteiger partial charge in [-0.15, -0.1) is 0 Å². The van der Waals surface area contributed by atoms with Crippen molar-refractivity contribution in [1.82, 2.24) is 15.0 Å². The number of rotatable bonds is 4. The van der Waals surface area contributed by atoms with E-state index in [0.29, 0.717) is 28.7 Å². The quantitative estimate of drug-likeness (QED) is 0.576. The molecule has 0 saturated heterocycles. The first-order valence-corrected chi connectivity index (χ1v) is 9.16. The fraction of sp³-hybridized carbons (Fsp3) is 0.136. The molecule has 7 nitrogen and oxygen atoms in total. The highest BCUT2D eigenvalue weighted by Crippen LogP contribution is 2.36. The molecule has 0 fully saturated rings. The van der Waals surface area contributed by atoms with E-state index in [4.69, 9.17) is 14.5 Å². The Morgan fingerprint density at radius 2 is 1.83 bits per heavy atom. The van der Waals surface area contributed by atoms with Crippen LogP contribution in [0.15, 0.2) is 54.9 Å². The lowest BCUT2D eigenvalue weighted by Crippen LogP contribution is -2.21. The van der Waals surface area contributed by atoms with Crippen LogP contribution < -0.4 is 14.4 Å². The van der Waals surface area contributed by atoms with Gasteiger partial charge in [0.2, 0.25) is 5.91 Å². The van der Waals surface area contributed by atoms with Crippen molar-refractivity contribution in [3.05, 3.63) is 60.6 Å². The summed E-state index contributed by atoms with van der Waals surface area (Å²) in [6.07, 6.45) is 3.79. The molecule has 144 valence electrons. The largest absolute Gasteiger partial charge is 0.497 e. The molecule has 0 unspecified atom stereocenters. The highest BCUT2D eigenvalue weighted by molar-refractivity contribution is 6.07. The predicted octanol–water partition coefficient (Wildman–Crippen LogP) is 3.86. The predicted molar refractivity (Wildman–Crippen MR) is 110 cm³/mol. The Bertz CT molecular complexity index is 1230. The lowest BCUT2D eigenvalue weighted by Gasteiger charge is -2.17. The molecule has 29 heavy (non-hydrogen) atoms. The van der Waals surface area contributed by atoms with Crippen molar-refractivity contribution in [3.8, 4) is 22.8 Å². The molecule has 5 rings (SSSR count). The highest BCUT2D eigenvalue weighted by Gasteiger charge is 2.32. The second kappa shape index (κ2) is 6.63. The molecule has 7 heteroatoms. The topological polar surface area (TPSA) is 80.3 Å². The summed E-state index contributed by atoms with van der Waals surface area (Å²) < 4.78 is 10.7. The van der Waals surface area contributed by atoms with E-state index >= 15 is 0 Å². The van der Waals surface area contributed by atoms with Gasteiger partial charge >= 0.3 is 0 Å². The van der Waals surface area contributed by atoms with Gasteiger partial charge in [-0.2, -0.15) is 0 Å². The summed E-state index contributed by atoms with van der Waals surface area (Å²) >= 11 is 0. The van der Waals surface area contributed by atoms with Crippen LogP contribution in [0.2, 0.25) is 0 Å². The summed E-state index contributed by atoms with van der Waals surface area (Å²) in [5.74, 6) is 1.83. The van der Waals surface area contributed by atoms with E-state index in [-0.39, 0.29) is 12.3 Å². The zero-order valence-electron chi connectivity index (χ0n) is 16.0. The maximum atomic E-state index is 12.8. The van der Waals surface area contributed by atoms with Gasteiger partial charge in [0.1, 0.15) is 11.5 Å². The third-order valence-corrected chi connectivity index (χ3v) is 5.05. The normalized spacial score (nSPS) is 13.0. The number of aromatic nitrogens is 3. The van der Waals surface area contributed by atoms with E-state index in [2.05, 4.69) is 9.97 Å². The number of hydrogen-bond acceptors (Lipinski definition) is 5. The number of carbonyl (C=O) groups excluding carboxylic acids is 1. The van der Waals surface area contributed by atoms with Crippen LogP contribution >= 0.6 is 0 Å². The van der Waals surface area contributed by atoms with Gasteiger partial charge in [-0.25, -0.2) is 4.98 Å². The molecule has 0 radical (unpaired) electrons. The Labute approximate surface area is 166 Å². The van der Waals surface area contributed by atoms with Crippen LogP contribution in [0.25, 0.3) is 22.2 Å². The Morgan fingerprint density at radius 1 is 1.03 bits per heavy atom. The molecule has 0 spiro atoms. The molecule has 2 aromatic heterocycles. The number of methoxy groups -OCH3 is 2. The molecule has 0 saturated carbocycles. The summed E-state index contributed by atoms with van der Waals surface area (Å²) in [6, 6.07) is 13.4. The number of ether oxygens (including phenoxy) is 2. The van der Waals surface area contributed by atoms with E-state index in [1.54, 1.807) is 31.4 Å². The summed E-state index contributed by atoms with van der Waals surface area (Å²) in [4.78, 5) is 26.8. The number of benzene rings is 2. The highest BCUT2D eigenvalue weighted by atomic mass is 16.5. The number of anilines is 2. The van der Waals surface area contributed by atoms with Gasteiger partial charge in [0.25, 0.3) is 0 Å². The molecule has 4 aromatic rings. The molecule has 0 aliphatic carbocycles. The third kappa shape index (κ3) is 2.87. The molecule has 3 heterocycles. The number of carbonyl (C=O) groups is 1. The molecule has 1 aliphatic rings. The van der Waals surface area contributed by atoms with E-state index in [0.717, 1.165) is 22.2 Å². The summed E-state index contributed by atoms with van der Waals surface area (Å²) in [7, 11) is 3.20. The molecule has 2 aromatic carbocycles. The lowest BCUT2D eigenvalue weighted by molar-refractivity contribution is -0.116. The van der Waals surface area contributed by atoms with Gasteiger partial charge in [0.05, 0.1) is 43.9 Å². The van der Waals surface area contributed by atoms with E-state index in [9.17, 15) is 4.79 Å². The van der Waals surface area contributed by atoms with Crippen molar-refractivity contribution in [2.45, 2.75) is 6.42 Å². The Morgan fingerprint density at radius 3 is 2.59 bits per heavy atom. The van der Waals surface area contributed by atoms with Gasteiger partial charge in [-0.3, -0.25) is 14.7 Å². The van der Waals surface area contributed by atoms with Gasteiger partial charge in [0.15, 0.2) is 5.82 Å². The number of H-pyrrole nitrogens is 1. The van der Waals surface area contributed by atoms with E-state index in [1.165, 1.54) is 0 Å².